The van der Waals surface area contributed by atoms with Crippen molar-refractivity contribution < 1.29 is 23.8 Å². The van der Waals surface area contributed by atoms with Crippen molar-refractivity contribution in [2.45, 2.75) is 11.3 Å². The number of fused-ring (bicyclic) bond motifs is 2. The van der Waals surface area contributed by atoms with Gasteiger partial charge in [0.1, 0.15) is 19.0 Å². The van der Waals surface area contributed by atoms with Crippen LogP contribution in [0.5, 0.6) is 17.2 Å². The summed E-state index contributed by atoms with van der Waals surface area (Å²) in [5.74, 6) is 1.62. The van der Waals surface area contributed by atoms with E-state index in [0.29, 0.717) is 41.8 Å². The van der Waals surface area contributed by atoms with Crippen LogP contribution in [0.15, 0.2) is 41.3 Å². The van der Waals surface area contributed by atoms with E-state index in [4.69, 9.17) is 14.2 Å². The monoisotopic (exact) mass is 400 g/mol. The normalized spacial score (nSPS) is 14.9. The largest absolute Gasteiger partial charge is 0.486 e. The van der Waals surface area contributed by atoms with Gasteiger partial charge in [-0.1, -0.05) is 12.1 Å². The van der Waals surface area contributed by atoms with Crippen LogP contribution in [0.1, 0.15) is 6.42 Å². The molecule has 2 amide bonds. The Bertz CT molecular complexity index is 917. The van der Waals surface area contributed by atoms with Gasteiger partial charge in [0.25, 0.3) is 5.91 Å². The molecule has 0 spiro atoms. The fraction of sp³-hybridized carbons (Fsp3) is 0.300. The van der Waals surface area contributed by atoms with E-state index in [0.717, 1.165) is 4.90 Å². The molecule has 0 bridgehead atoms. The topological polar surface area (TPSA) is 77.1 Å². The molecule has 0 atom stereocenters. The van der Waals surface area contributed by atoms with Crippen molar-refractivity contribution in [3.8, 4) is 17.2 Å². The SMILES string of the molecule is CSc1cc2c(cc1NC(=O)CCN1C(=O)COc3ccccc31)OCCO2. The predicted octanol–water partition coefficient (Wildman–Crippen LogP) is 2.93. The smallest absolute Gasteiger partial charge is 0.265 e. The highest BCUT2D eigenvalue weighted by Crippen LogP contribution is 2.39. The Morgan fingerprint density at radius 1 is 1.11 bits per heavy atom. The van der Waals surface area contributed by atoms with Crippen LogP contribution in [0, 0.1) is 0 Å². The highest BCUT2D eigenvalue weighted by molar-refractivity contribution is 7.98. The summed E-state index contributed by atoms with van der Waals surface area (Å²) in [5, 5.41) is 2.93. The molecule has 28 heavy (non-hydrogen) atoms. The summed E-state index contributed by atoms with van der Waals surface area (Å²) in [7, 11) is 0. The molecular weight excluding hydrogens is 380 g/mol. The molecule has 7 nitrogen and oxygen atoms in total. The van der Waals surface area contributed by atoms with Gasteiger partial charge in [-0.15, -0.1) is 11.8 Å². The molecule has 2 aromatic rings. The molecule has 146 valence electrons. The van der Waals surface area contributed by atoms with Gasteiger partial charge >= 0.3 is 0 Å². The quantitative estimate of drug-likeness (QED) is 0.778. The van der Waals surface area contributed by atoms with Crippen molar-refractivity contribution in [3.05, 3.63) is 36.4 Å². The van der Waals surface area contributed by atoms with Crippen LogP contribution in [0.2, 0.25) is 0 Å². The second kappa shape index (κ2) is 8.02. The molecule has 1 N–H and O–H groups in total. The highest BCUT2D eigenvalue weighted by atomic mass is 32.2. The maximum absolute atomic E-state index is 12.5. The van der Waals surface area contributed by atoms with E-state index in [9.17, 15) is 9.59 Å². The maximum atomic E-state index is 12.5. The minimum absolute atomic E-state index is 0.0165. The Labute approximate surface area is 166 Å². The Hall–Kier alpha value is -2.87. The summed E-state index contributed by atoms with van der Waals surface area (Å²) < 4.78 is 16.6. The van der Waals surface area contributed by atoms with Gasteiger partial charge in [-0.05, 0) is 24.5 Å². The lowest BCUT2D eigenvalue weighted by atomic mass is 10.2. The van der Waals surface area contributed by atoms with Crippen LogP contribution >= 0.6 is 11.8 Å². The summed E-state index contributed by atoms with van der Waals surface area (Å²) in [4.78, 5) is 27.3. The zero-order valence-electron chi connectivity index (χ0n) is 15.4. The van der Waals surface area contributed by atoms with Crippen molar-refractivity contribution >= 4 is 35.0 Å². The first kappa shape index (κ1) is 18.5. The highest BCUT2D eigenvalue weighted by Gasteiger charge is 2.25. The number of amides is 2. The first-order valence-electron chi connectivity index (χ1n) is 8.95. The number of ether oxygens (including phenoxy) is 3. The van der Waals surface area contributed by atoms with E-state index in [1.54, 1.807) is 11.0 Å². The van der Waals surface area contributed by atoms with Crippen molar-refractivity contribution in [1.29, 1.82) is 0 Å². The molecule has 4 rings (SSSR count). The van der Waals surface area contributed by atoms with Crippen LogP contribution in [-0.4, -0.2) is 44.4 Å². The first-order chi connectivity index (χ1) is 13.7. The van der Waals surface area contributed by atoms with E-state index in [1.807, 2.05) is 36.6 Å². The average Bonchev–Trinajstić information content (AvgIpc) is 2.72. The van der Waals surface area contributed by atoms with Crippen LogP contribution in [-0.2, 0) is 9.59 Å². The standard InChI is InChI=1S/C20H20N2O5S/c1-28-18-11-17-16(25-8-9-26-17)10-13(18)21-19(23)6-7-22-14-4-2-3-5-15(14)27-12-20(22)24/h2-5,10-11H,6-9,12H2,1H3,(H,21,23). The van der Waals surface area contributed by atoms with Gasteiger partial charge in [0, 0.05) is 23.9 Å². The molecule has 0 aromatic heterocycles. The van der Waals surface area contributed by atoms with E-state index >= 15 is 0 Å². The molecule has 2 aromatic carbocycles. The molecule has 8 heteroatoms. The van der Waals surface area contributed by atoms with E-state index in [1.165, 1.54) is 11.8 Å². The average molecular weight is 400 g/mol. The Morgan fingerprint density at radius 3 is 2.64 bits per heavy atom. The van der Waals surface area contributed by atoms with Gasteiger partial charge in [0.2, 0.25) is 5.91 Å². The molecule has 0 fully saturated rings. The summed E-state index contributed by atoms with van der Waals surface area (Å²) in [6.07, 6.45) is 2.10. The Morgan fingerprint density at radius 2 is 1.86 bits per heavy atom. The molecule has 0 unspecified atom stereocenters. The van der Waals surface area contributed by atoms with Gasteiger partial charge in [-0.3, -0.25) is 9.59 Å². The zero-order chi connectivity index (χ0) is 19.5. The lowest BCUT2D eigenvalue weighted by Gasteiger charge is -2.29. The Kier molecular flexibility index (Phi) is 5.29. The van der Waals surface area contributed by atoms with Crippen molar-refractivity contribution in [3.63, 3.8) is 0 Å². The number of hydrogen-bond acceptors (Lipinski definition) is 6. The van der Waals surface area contributed by atoms with E-state index in [-0.39, 0.29) is 31.4 Å². The summed E-state index contributed by atoms with van der Waals surface area (Å²) >= 11 is 1.52. The number of nitrogens with one attached hydrogen (secondary N) is 1. The summed E-state index contributed by atoms with van der Waals surface area (Å²) in [5.41, 5.74) is 1.37. The van der Waals surface area contributed by atoms with Gasteiger partial charge in [0.05, 0.1) is 11.4 Å². The second-order valence-electron chi connectivity index (χ2n) is 6.30. The molecule has 0 saturated heterocycles. The lowest BCUT2D eigenvalue weighted by molar-refractivity contribution is -0.121. The van der Waals surface area contributed by atoms with Gasteiger partial charge in [-0.25, -0.2) is 0 Å². The molecule has 2 heterocycles. The Balaban J connectivity index is 1.45. The fourth-order valence-electron chi connectivity index (χ4n) is 3.16. The second-order valence-corrected chi connectivity index (χ2v) is 7.14. The molecular formula is C20H20N2O5S. The first-order valence-corrected chi connectivity index (χ1v) is 10.2. The number of hydrogen-bond donors (Lipinski definition) is 1. The number of para-hydroxylation sites is 2. The minimum Gasteiger partial charge on any atom is -0.486 e. The third-order valence-corrected chi connectivity index (χ3v) is 5.29. The van der Waals surface area contributed by atoms with Crippen LogP contribution in [0.3, 0.4) is 0 Å². The van der Waals surface area contributed by atoms with Gasteiger partial charge in [0.15, 0.2) is 18.1 Å². The van der Waals surface area contributed by atoms with Crippen molar-refractivity contribution in [1.82, 2.24) is 0 Å². The van der Waals surface area contributed by atoms with Crippen LogP contribution < -0.4 is 24.4 Å². The summed E-state index contributed by atoms with van der Waals surface area (Å²) in [6, 6.07) is 11.0. The zero-order valence-corrected chi connectivity index (χ0v) is 16.2. The number of carbonyl (C=O) groups excluding carboxylic acids is 2. The number of carbonyl (C=O) groups is 2. The van der Waals surface area contributed by atoms with Crippen molar-refractivity contribution in [2.24, 2.45) is 0 Å². The number of thioether (sulfide) groups is 1. The number of nitrogens with zero attached hydrogens (tertiary/aromatic N) is 1. The molecule has 2 aliphatic heterocycles. The van der Waals surface area contributed by atoms with E-state index < -0.39 is 0 Å². The third-order valence-electron chi connectivity index (χ3n) is 4.51. The van der Waals surface area contributed by atoms with E-state index in [2.05, 4.69) is 5.32 Å². The minimum atomic E-state index is -0.177. The summed E-state index contributed by atoms with van der Waals surface area (Å²) in [6.45, 7) is 1.26. The molecule has 0 saturated carbocycles. The number of anilines is 2. The lowest BCUT2D eigenvalue weighted by Crippen LogP contribution is -2.40. The fourth-order valence-corrected chi connectivity index (χ4v) is 3.72. The third kappa shape index (κ3) is 3.73. The molecule has 0 aliphatic carbocycles. The van der Waals surface area contributed by atoms with Crippen LogP contribution in [0.4, 0.5) is 11.4 Å². The number of rotatable bonds is 5. The van der Waals surface area contributed by atoms with Gasteiger partial charge in [-0.2, -0.15) is 0 Å². The molecule has 0 radical (unpaired) electrons. The van der Waals surface area contributed by atoms with Crippen molar-refractivity contribution in [2.75, 3.05) is 42.8 Å². The number of benzene rings is 2. The van der Waals surface area contributed by atoms with Gasteiger partial charge < -0.3 is 24.4 Å². The maximum Gasteiger partial charge on any atom is 0.265 e. The van der Waals surface area contributed by atoms with Crippen LogP contribution in [0.25, 0.3) is 0 Å². The predicted molar refractivity (Wildman–Crippen MR) is 107 cm³/mol. The molecule has 2 aliphatic rings.